The number of para-hydroxylation sites is 1. The summed E-state index contributed by atoms with van der Waals surface area (Å²) in [6.07, 6.45) is 4.88. The normalized spacial score (nSPS) is 20.4. The molecule has 1 aliphatic rings. The molecule has 0 amide bonds. The van der Waals surface area contributed by atoms with E-state index in [2.05, 4.69) is 11.4 Å². The van der Waals surface area contributed by atoms with Gasteiger partial charge in [0.1, 0.15) is 5.75 Å². The fraction of sp³-hybridized carbons (Fsp3) is 0.600. The first-order chi connectivity index (χ1) is 8.90. The molecule has 1 saturated heterocycles. The Morgan fingerprint density at radius 1 is 1.22 bits per heavy atom. The summed E-state index contributed by atoms with van der Waals surface area (Å²) in [7, 11) is 1.72. The van der Waals surface area contributed by atoms with Crippen LogP contribution in [0.5, 0.6) is 5.75 Å². The Kier molecular flexibility index (Phi) is 5.49. The van der Waals surface area contributed by atoms with Gasteiger partial charge >= 0.3 is 0 Å². The van der Waals surface area contributed by atoms with Crippen LogP contribution in [0.4, 0.5) is 0 Å². The Hall–Kier alpha value is -1.06. The zero-order valence-corrected chi connectivity index (χ0v) is 11.2. The number of benzene rings is 1. The van der Waals surface area contributed by atoms with Crippen molar-refractivity contribution >= 4 is 0 Å². The zero-order chi connectivity index (χ0) is 12.6. The Morgan fingerprint density at radius 3 is 3.00 bits per heavy atom. The van der Waals surface area contributed by atoms with Crippen molar-refractivity contribution in [3.63, 3.8) is 0 Å². The van der Waals surface area contributed by atoms with Gasteiger partial charge in [0.2, 0.25) is 0 Å². The molecule has 0 aromatic heterocycles. The van der Waals surface area contributed by atoms with Crippen molar-refractivity contribution in [3.8, 4) is 5.75 Å². The van der Waals surface area contributed by atoms with Gasteiger partial charge in [0, 0.05) is 0 Å². The van der Waals surface area contributed by atoms with E-state index in [1.165, 1.54) is 18.4 Å². The van der Waals surface area contributed by atoms with Crippen LogP contribution in [0.25, 0.3) is 0 Å². The first-order valence-electron chi connectivity index (χ1n) is 6.84. The Bertz CT molecular complexity index is 346. The SMILES string of the molecule is COc1ccccc1CCOC1CCCNCC1. The zero-order valence-electron chi connectivity index (χ0n) is 11.2. The van der Waals surface area contributed by atoms with Crippen LogP contribution >= 0.6 is 0 Å². The summed E-state index contributed by atoms with van der Waals surface area (Å²) in [5, 5.41) is 3.40. The molecule has 1 aromatic carbocycles. The summed E-state index contributed by atoms with van der Waals surface area (Å²) in [5.74, 6) is 0.962. The lowest BCUT2D eigenvalue weighted by molar-refractivity contribution is 0.0473. The summed E-state index contributed by atoms with van der Waals surface area (Å²) >= 11 is 0. The van der Waals surface area contributed by atoms with E-state index < -0.39 is 0 Å². The monoisotopic (exact) mass is 249 g/mol. The highest BCUT2D eigenvalue weighted by Gasteiger charge is 2.12. The molecule has 0 bridgehead atoms. The second-order valence-corrected chi connectivity index (χ2v) is 4.74. The molecule has 1 aromatic rings. The smallest absolute Gasteiger partial charge is 0.122 e. The fourth-order valence-electron chi connectivity index (χ4n) is 2.40. The molecular formula is C15H23NO2. The number of ether oxygens (including phenoxy) is 2. The number of hydrogen-bond acceptors (Lipinski definition) is 3. The maximum atomic E-state index is 5.97. The molecule has 1 unspecified atom stereocenters. The molecule has 1 atom stereocenters. The first kappa shape index (κ1) is 13.4. The summed E-state index contributed by atoms with van der Waals surface area (Å²) in [6.45, 7) is 3.00. The second-order valence-electron chi connectivity index (χ2n) is 4.74. The van der Waals surface area contributed by atoms with E-state index in [0.717, 1.165) is 38.3 Å². The highest BCUT2D eigenvalue weighted by molar-refractivity contribution is 5.33. The van der Waals surface area contributed by atoms with Gasteiger partial charge in [0.05, 0.1) is 19.8 Å². The third-order valence-electron chi connectivity index (χ3n) is 3.44. The van der Waals surface area contributed by atoms with Gasteiger partial charge in [0.25, 0.3) is 0 Å². The van der Waals surface area contributed by atoms with Gasteiger partial charge in [-0.1, -0.05) is 18.2 Å². The average molecular weight is 249 g/mol. The molecular weight excluding hydrogens is 226 g/mol. The first-order valence-corrected chi connectivity index (χ1v) is 6.84. The van der Waals surface area contributed by atoms with Gasteiger partial charge in [-0.25, -0.2) is 0 Å². The molecule has 0 radical (unpaired) electrons. The van der Waals surface area contributed by atoms with Crippen molar-refractivity contribution in [3.05, 3.63) is 29.8 Å². The number of methoxy groups -OCH3 is 1. The molecule has 3 nitrogen and oxygen atoms in total. The van der Waals surface area contributed by atoms with Crippen LogP contribution in [0.2, 0.25) is 0 Å². The number of hydrogen-bond donors (Lipinski definition) is 1. The van der Waals surface area contributed by atoms with Crippen LogP contribution in [0.15, 0.2) is 24.3 Å². The van der Waals surface area contributed by atoms with Gasteiger partial charge < -0.3 is 14.8 Å². The van der Waals surface area contributed by atoms with Crippen LogP contribution in [0.1, 0.15) is 24.8 Å². The van der Waals surface area contributed by atoms with E-state index in [4.69, 9.17) is 9.47 Å². The minimum atomic E-state index is 0.426. The predicted octanol–water partition coefficient (Wildman–Crippen LogP) is 2.40. The van der Waals surface area contributed by atoms with Crippen molar-refractivity contribution in [2.45, 2.75) is 31.8 Å². The standard InChI is InChI=1S/C15H23NO2/c1-17-15-7-3-2-5-13(15)9-12-18-14-6-4-10-16-11-8-14/h2-3,5,7,14,16H,4,6,8-12H2,1H3. The van der Waals surface area contributed by atoms with E-state index in [-0.39, 0.29) is 0 Å². The topological polar surface area (TPSA) is 30.5 Å². The van der Waals surface area contributed by atoms with Crippen molar-refractivity contribution < 1.29 is 9.47 Å². The molecule has 0 aliphatic carbocycles. The van der Waals surface area contributed by atoms with Crippen LogP contribution in [-0.2, 0) is 11.2 Å². The van der Waals surface area contributed by atoms with E-state index >= 15 is 0 Å². The molecule has 1 heterocycles. The minimum Gasteiger partial charge on any atom is -0.496 e. The largest absolute Gasteiger partial charge is 0.496 e. The summed E-state index contributed by atoms with van der Waals surface area (Å²) in [5.41, 5.74) is 1.23. The molecule has 0 saturated carbocycles. The van der Waals surface area contributed by atoms with Crippen molar-refractivity contribution in [2.75, 3.05) is 26.8 Å². The third-order valence-corrected chi connectivity index (χ3v) is 3.44. The van der Waals surface area contributed by atoms with E-state index in [9.17, 15) is 0 Å². The van der Waals surface area contributed by atoms with Crippen LogP contribution in [-0.4, -0.2) is 32.9 Å². The average Bonchev–Trinajstić information content (AvgIpc) is 2.68. The van der Waals surface area contributed by atoms with Gasteiger partial charge in [-0.3, -0.25) is 0 Å². The fourth-order valence-corrected chi connectivity index (χ4v) is 2.40. The summed E-state index contributed by atoms with van der Waals surface area (Å²) in [6, 6.07) is 8.16. The lowest BCUT2D eigenvalue weighted by Gasteiger charge is -2.15. The van der Waals surface area contributed by atoms with Crippen LogP contribution in [0, 0.1) is 0 Å². The third kappa shape index (κ3) is 4.00. The lowest BCUT2D eigenvalue weighted by Crippen LogP contribution is -2.18. The maximum absolute atomic E-state index is 5.97. The Balaban J connectivity index is 1.77. The van der Waals surface area contributed by atoms with E-state index in [1.54, 1.807) is 7.11 Å². The molecule has 0 spiro atoms. The highest BCUT2D eigenvalue weighted by Crippen LogP contribution is 2.18. The van der Waals surface area contributed by atoms with Gasteiger partial charge in [-0.2, -0.15) is 0 Å². The maximum Gasteiger partial charge on any atom is 0.122 e. The Morgan fingerprint density at radius 2 is 2.11 bits per heavy atom. The Labute approximate surface area is 109 Å². The number of rotatable bonds is 5. The van der Waals surface area contributed by atoms with Crippen molar-refractivity contribution in [1.29, 1.82) is 0 Å². The van der Waals surface area contributed by atoms with Crippen molar-refractivity contribution in [2.24, 2.45) is 0 Å². The predicted molar refractivity (Wildman–Crippen MR) is 73.2 cm³/mol. The molecule has 18 heavy (non-hydrogen) atoms. The number of nitrogens with one attached hydrogen (secondary N) is 1. The summed E-state index contributed by atoms with van der Waals surface area (Å²) < 4.78 is 11.3. The van der Waals surface area contributed by atoms with Gasteiger partial charge in [0.15, 0.2) is 0 Å². The molecule has 2 rings (SSSR count). The molecule has 1 N–H and O–H groups in total. The van der Waals surface area contributed by atoms with E-state index in [0.29, 0.717) is 6.10 Å². The van der Waals surface area contributed by atoms with Crippen molar-refractivity contribution in [1.82, 2.24) is 5.32 Å². The quantitative estimate of drug-likeness (QED) is 0.869. The molecule has 3 heteroatoms. The second kappa shape index (κ2) is 7.39. The van der Waals surface area contributed by atoms with E-state index in [1.807, 2.05) is 18.2 Å². The molecule has 100 valence electrons. The lowest BCUT2D eigenvalue weighted by atomic mass is 10.1. The molecule has 1 fully saturated rings. The van der Waals surface area contributed by atoms with Gasteiger partial charge in [-0.15, -0.1) is 0 Å². The van der Waals surface area contributed by atoms with Gasteiger partial charge in [-0.05, 0) is 50.4 Å². The van der Waals surface area contributed by atoms with Crippen LogP contribution < -0.4 is 10.1 Å². The summed E-state index contributed by atoms with van der Waals surface area (Å²) in [4.78, 5) is 0. The molecule has 1 aliphatic heterocycles. The van der Waals surface area contributed by atoms with Crippen LogP contribution in [0.3, 0.4) is 0 Å². The highest BCUT2D eigenvalue weighted by atomic mass is 16.5. The minimum absolute atomic E-state index is 0.426.